The number of nitrogens with zero attached hydrogens (tertiary/aromatic N) is 2. The fourth-order valence-corrected chi connectivity index (χ4v) is 3.68. The average Bonchev–Trinajstić information content (AvgIpc) is 2.50. The zero-order valence-corrected chi connectivity index (χ0v) is 15.9. The summed E-state index contributed by atoms with van der Waals surface area (Å²) in [5.74, 6) is 0.720. The summed E-state index contributed by atoms with van der Waals surface area (Å²) in [6.45, 7) is 13.0. The first kappa shape index (κ1) is 19.4. The van der Waals surface area contributed by atoms with Gasteiger partial charge in [-0.3, -0.25) is 0 Å². The summed E-state index contributed by atoms with van der Waals surface area (Å²) in [6, 6.07) is 0. The third kappa shape index (κ3) is 4.44. The van der Waals surface area contributed by atoms with Crippen LogP contribution in [-0.2, 0) is 9.84 Å². The normalized spacial score (nSPS) is 17.0. The van der Waals surface area contributed by atoms with Gasteiger partial charge >= 0.3 is 0 Å². The second kappa shape index (κ2) is 7.77. The van der Waals surface area contributed by atoms with Gasteiger partial charge in [-0.25, -0.2) is 13.4 Å². The number of allylic oxidation sites excluding steroid dienone is 4. The number of rotatable bonds is 5. The number of likely N-dealkylation sites (N-methyl/N-ethyl adjacent to an activating group) is 1. The molecule has 23 heavy (non-hydrogen) atoms. The molecule has 0 aliphatic heterocycles. The van der Waals surface area contributed by atoms with Crippen LogP contribution in [0.1, 0.15) is 47.5 Å². The molecule has 1 rings (SSSR count). The van der Waals surface area contributed by atoms with Gasteiger partial charge in [0.2, 0.25) is 0 Å². The SMILES string of the molecule is C=C(C)N=C(/C(C)=C\C)N(C)C1=CCCC=C1S(=O)(=O)C(C)C. The smallest absolute Gasteiger partial charge is 0.182 e. The Balaban J connectivity index is 3.39. The topological polar surface area (TPSA) is 49.7 Å². The Morgan fingerprint density at radius 2 is 1.87 bits per heavy atom. The van der Waals surface area contributed by atoms with E-state index in [-0.39, 0.29) is 0 Å². The number of sulfone groups is 1. The molecule has 5 heteroatoms. The van der Waals surface area contributed by atoms with E-state index in [0.717, 1.165) is 24.3 Å². The number of hydrogen-bond acceptors (Lipinski definition) is 3. The number of hydrogen-bond donors (Lipinski definition) is 0. The predicted molar refractivity (Wildman–Crippen MR) is 98.9 cm³/mol. The van der Waals surface area contributed by atoms with E-state index in [4.69, 9.17) is 0 Å². The van der Waals surface area contributed by atoms with Crippen molar-refractivity contribution in [2.24, 2.45) is 4.99 Å². The molecule has 0 fully saturated rings. The highest BCUT2D eigenvalue weighted by molar-refractivity contribution is 7.96. The molecule has 0 bridgehead atoms. The second-order valence-corrected chi connectivity index (χ2v) is 8.50. The van der Waals surface area contributed by atoms with Crippen molar-refractivity contribution in [2.45, 2.75) is 52.7 Å². The summed E-state index contributed by atoms with van der Waals surface area (Å²) in [4.78, 5) is 6.76. The van der Waals surface area contributed by atoms with Gasteiger partial charge < -0.3 is 4.90 Å². The van der Waals surface area contributed by atoms with E-state index in [1.54, 1.807) is 13.8 Å². The Hall–Kier alpha value is -1.62. The fraction of sp³-hybridized carbons (Fsp3) is 0.500. The van der Waals surface area contributed by atoms with Crippen LogP contribution in [0.5, 0.6) is 0 Å². The Kier molecular flexibility index (Phi) is 6.57. The molecule has 1 aliphatic rings. The van der Waals surface area contributed by atoms with E-state index in [1.807, 2.05) is 50.9 Å². The van der Waals surface area contributed by atoms with Gasteiger partial charge in [-0.1, -0.05) is 24.8 Å². The van der Waals surface area contributed by atoms with Crippen molar-refractivity contribution in [1.82, 2.24) is 4.90 Å². The van der Waals surface area contributed by atoms with Crippen molar-refractivity contribution in [2.75, 3.05) is 7.05 Å². The molecule has 0 saturated heterocycles. The molecule has 1 aliphatic carbocycles. The highest BCUT2D eigenvalue weighted by Crippen LogP contribution is 2.30. The molecule has 0 saturated carbocycles. The maximum absolute atomic E-state index is 12.7. The molecule has 0 aromatic carbocycles. The maximum atomic E-state index is 12.7. The monoisotopic (exact) mass is 336 g/mol. The third-order valence-corrected chi connectivity index (χ3v) is 6.01. The van der Waals surface area contributed by atoms with E-state index in [0.29, 0.717) is 16.3 Å². The minimum Gasteiger partial charge on any atom is -0.328 e. The molecule has 0 unspecified atom stereocenters. The molecule has 128 valence electrons. The quantitative estimate of drug-likeness (QED) is 0.558. The molecule has 0 radical (unpaired) electrons. The third-order valence-electron chi connectivity index (χ3n) is 3.78. The number of amidine groups is 1. The lowest BCUT2D eigenvalue weighted by Crippen LogP contribution is -2.32. The van der Waals surface area contributed by atoms with Crippen LogP contribution in [0, 0.1) is 0 Å². The van der Waals surface area contributed by atoms with Gasteiger partial charge in [0.1, 0.15) is 5.84 Å². The molecule has 4 nitrogen and oxygen atoms in total. The van der Waals surface area contributed by atoms with E-state index in [1.165, 1.54) is 0 Å². The fourth-order valence-electron chi connectivity index (χ4n) is 2.31. The minimum absolute atomic E-state index is 0.402. The molecule has 0 atom stereocenters. The van der Waals surface area contributed by atoms with Crippen LogP contribution < -0.4 is 0 Å². The molecule has 0 N–H and O–H groups in total. The zero-order chi connectivity index (χ0) is 17.8. The minimum atomic E-state index is -3.33. The van der Waals surface area contributed by atoms with Gasteiger partial charge in [0.05, 0.1) is 15.9 Å². The van der Waals surface area contributed by atoms with Gasteiger partial charge in [-0.2, -0.15) is 0 Å². The van der Waals surface area contributed by atoms with Crippen molar-refractivity contribution in [3.63, 3.8) is 0 Å². The van der Waals surface area contributed by atoms with Crippen molar-refractivity contribution in [3.8, 4) is 0 Å². The maximum Gasteiger partial charge on any atom is 0.182 e. The van der Waals surface area contributed by atoms with Crippen LogP contribution in [0.25, 0.3) is 0 Å². The van der Waals surface area contributed by atoms with Crippen LogP contribution in [0.2, 0.25) is 0 Å². The second-order valence-electron chi connectivity index (χ2n) is 6.03. The first-order chi connectivity index (χ1) is 10.6. The van der Waals surface area contributed by atoms with Crippen molar-refractivity contribution < 1.29 is 8.42 Å². The van der Waals surface area contributed by atoms with E-state index in [2.05, 4.69) is 11.6 Å². The van der Waals surface area contributed by atoms with Gasteiger partial charge in [-0.15, -0.1) is 0 Å². The van der Waals surface area contributed by atoms with Crippen LogP contribution >= 0.6 is 0 Å². The molecule has 0 amide bonds. The van der Waals surface area contributed by atoms with Crippen LogP contribution in [0.15, 0.2) is 51.7 Å². The molecule has 0 heterocycles. The lowest BCUT2D eigenvalue weighted by atomic mass is 10.1. The van der Waals surface area contributed by atoms with Crippen LogP contribution in [-0.4, -0.2) is 31.5 Å². The molecular weight excluding hydrogens is 308 g/mol. The zero-order valence-electron chi connectivity index (χ0n) is 15.0. The summed E-state index contributed by atoms with van der Waals surface area (Å²) in [5.41, 5.74) is 2.36. The first-order valence-corrected chi connectivity index (χ1v) is 9.43. The molecule has 0 spiro atoms. The van der Waals surface area contributed by atoms with Crippen LogP contribution in [0.4, 0.5) is 0 Å². The Morgan fingerprint density at radius 1 is 1.30 bits per heavy atom. The Morgan fingerprint density at radius 3 is 2.35 bits per heavy atom. The summed E-state index contributed by atoms with van der Waals surface area (Å²) in [6.07, 6.45) is 7.33. The molecule has 0 aromatic rings. The molecular formula is C18H28N2O2S. The van der Waals surface area contributed by atoms with Crippen molar-refractivity contribution in [1.29, 1.82) is 0 Å². The van der Waals surface area contributed by atoms with Crippen LogP contribution in [0.3, 0.4) is 0 Å². The summed E-state index contributed by atoms with van der Waals surface area (Å²) in [5, 5.41) is -0.451. The van der Waals surface area contributed by atoms with E-state index >= 15 is 0 Å². The van der Waals surface area contributed by atoms with Gasteiger partial charge in [0.25, 0.3) is 0 Å². The highest BCUT2D eigenvalue weighted by Gasteiger charge is 2.29. The summed E-state index contributed by atoms with van der Waals surface area (Å²) < 4.78 is 25.4. The number of aliphatic imine (C=N–C) groups is 1. The Bertz CT molecular complexity index is 693. The van der Waals surface area contributed by atoms with Gasteiger partial charge in [0, 0.05) is 12.7 Å². The molecule has 0 aromatic heterocycles. The Labute approximate surface area is 140 Å². The highest BCUT2D eigenvalue weighted by atomic mass is 32.2. The van der Waals surface area contributed by atoms with Crippen molar-refractivity contribution >= 4 is 15.7 Å². The van der Waals surface area contributed by atoms with E-state index in [9.17, 15) is 8.42 Å². The lowest BCUT2D eigenvalue weighted by molar-refractivity contribution is 0.583. The largest absolute Gasteiger partial charge is 0.328 e. The standard InChI is InChI=1S/C18H28N2O2S/c1-8-15(6)18(19-13(2)3)20(7)16-11-9-10-12-17(16)23(21,22)14(4)5/h8,11-12,14H,2,9-10H2,1,3-7H3/b15-8-,19-18?. The van der Waals surface area contributed by atoms with Crippen molar-refractivity contribution in [3.05, 3.63) is 46.7 Å². The predicted octanol–water partition coefficient (Wildman–Crippen LogP) is 4.20. The summed E-state index contributed by atoms with van der Waals surface area (Å²) >= 11 is 0. The van der Waals surface area contributed by atoms with Gasteiger partial charge in [-0.05, 0) is 53.0 Å². The first-order valence-electron chi connectivity index (χ1n) is 7.88. The average molecular weight is 337 g/mol. The lowest BCUT2D eigenvalue weighted by Gasteiger charge is -2.29. The summed E-state index contributed by atoms with van der Waals surface area (Å²) in [7, 11) is -1.48. The van der Waals surface area contributed by atoms with E-state index < -0.39 is 15.1 Å². The van der Waals surface area contributed by atoms with Gasteiger partial charge in [0.15, 0.2) is 9.84 Å².